The van der Waals surface area contributed by atoms with Crippen LogP contribution in [0.5, 0.6) is 5.75 Å². The van der Waals surface area contributed by atoms with Gasteiger partial charge in [-0.2, -0.15) is 0 Å². The van der Waals surface area contributed by atoms with Gasteiger partial charge in [0.15, 0.2) is 5.11 Å². The molecule has 1 amide bonds. The molecule has 7 heteroatoms. The van der Waals surface area contributed by atoms with E-state index in [-0.39, 0.29) is 23.9 Å². The Hall–Kier alpha value is -2.93. The Morgan fingerprint density at radius 1 is 1.00 bits per heavy atom. The first-order chi connectivity index (χ1) is 14.1. The van der Waals surface area contributed by atoms with Gasteiger partial charge in [0.1, 0.15) is 5.75 Å². The lowest BCUT2D eigenvalue weighted by Gasteiger charge is -2.14. The first-order valence-electron chi connectivity index (χ1n) is 9.60. The molecule has 0 aliphatic rings. The van der Waals surface area contributed by atoms with Gasteiger partial charge < -0.3 is 20.1 Å². The molecule has 0 atom stereocenters. The summed E-state index contributed by atoms with van der Waals surface area (Å²) >= 11 is 5.19. The van der Waals surface area contributed by atoms with Gasteiger partial charge >= 0.3 is 5.97 Å². The summed E-state index contributed by atoms with van der Waals surface area (Å²) in [5.74, 6) is -0.101. The number of amides is 1. The second-order valence-corrected chi connectivity index (χ2v) is 6.65. The molecule has 0 saturated heterocycles. The quantitative estimate of drug-likeness (QED) is 0.349. The Labute approximate surface area is 176 Å². The normalized spacial score (nSPS) is 10.1. The van der Waals surface area contributed by atoms with Gasteiger partial charge in [0, 0.05) is 6.42 Å². The van der Waals surface area contributed by atoms with Gasteiger partial charge in [0.25, 0.3) is 0 Å². The fraction of sp³-hybridized carbons (Fsp3) is 0.318. The molecule has 0 unspecified atom stereocenters. The third-order valence-corrected chi connectivity index (χ3v) is 4.16. The van der Waals surface area contributed by atoms with Crippen LogP contribution in [0.25, 0.3) is 0 Å². The third-order valence-electron chi connectivity index (χ3n) is 3.96. The molecule has 0 fully saturated rings. The molecule has 154 valence electrons. The number of hydrogen-bond donors (Lipinski definition) is 2. The van der Waals surface area contributed by atoms with E-state index < -0.39 is 5.97 Å². The van der Waals surface area contributed by atoms with E-state index in [9.17, 15) is 9.59 Å². The average Bonchev–Trinajstić information content (AvgIpc) is 2.72. The van der Waals surface area contributed by atoms with Crippen LogP contribution in [0.3, 0.4) is 0 Å². The number of para-hydroxylation sites is 2. The number of hydrogen-bond acceptors (Lipinski definition) is 5. The number of carbonyl (C=O) groups excluding carboxylic acids is 2. The predicted molar refractivity (Wildman–Crippen MR) is 117 cm³/mol. The fourth-order valence-corrected chi connectivity index (χ4v) is 2.81. The highest BCUT2D eigenvalue weighted by Crippen LogP contribution is 2.24. The van der Waals surface area contributed by atoms with Crippen molar-refractivity contribution in [2.24, 2.45) is 0 Å². The lowest BCUT2D eigenvalue weighted by molar-refractivity contribution is -0.144. The predicted octanol–water partition coefficient (Wildman–Crippen LogP) is 3.85. The van der Waals surface area contributed by atoms with Crippen LogP contribution in [-0.2, 0) is 20.7 Å². The Morgan fingerprint density at radius 3 is 2.48 bits per heavy atom. The van der Waals surface area contributed by atoms with Crippen molar-refractivity contribution in [2.45, 2.75) is 32.6 Å². The smallest absolute Gasteiger partial charge is 0.306 e. The molecule has 2 aromatic rings. The first-order valence-corrected chi connectivity index (χ1v) is 10.0. The first kappa shape index (κ1) is 22.4. The highest BCUT2D eigenvalue weighted by Gasteiger charge is 2.11. The summed E-state index contributed by atoms with van der Waals surface area (Å²) in [6, 6.07) is 17.6. The topological polar surface area (TPSA) is 76.7 Å². The molecule has 0 aliphatic carbocycles. The van der Waals surface area contributed by atoms with E-state index in [4.69, 9.17) is 21.7 Å². The molecule has 2 aromatic carbocycles. The lowest BCUT2D eigenvalue weighted by Crippen LogP contribution is -2.34. The van der Waals surface area contributed by atoms with Gasteiger partial charge in [-0.3, -0.25) is 9.59 Å². The van der Waals surface area contributed by atoms with E-state index in [1.807, 2.05) is 42.5 Å². The van der Waals surface area contributed by atoms with E-state index in [0.717, 1.165) is 12.8 Å². The van der Waals surface area contributed by atoms with Gasteiger partial charge in [0.05, 0.1) is 25.3 Å². The van der Waals surface area contributed by atoms with Crippen molar-refractivity contribution in [1.29, 1.82) is 0 Å². The Bertz CT molecular complexity index is 811. The average molecular weight is 415 g/mol. The molecular weight excluding hydrogens is 388 g/mol. The van der Waals surface area contributed by atoms with Crippen molar-refractivity contribution >= 4 is 34.9 Å². The minimum atomic E-state index is -0.407. The molecular formula is C22H26N2O4S. The van der Waals surface area contributed by atoms with Gasteiger partial charge in [-0.05, 0) is 49.7 Å². The van der Waals surface area contributed by atoms with Crippen LogP contribution in [0.15, 0.2) is 54.6 Å². The van der Waals surface area contributed by atoms with E-state index in [2.05, 4.69) is 22.8 Å². The monoisotopic (exact) mass is 414 g/mol. The van der Waals surface area contributed by atoms with Crippen molar-refractivity contribution < 1.29 is 19.1 Å². The van der Waals surface area contributed by atoms with Crippen LogP contribution in [0.4, 0.5) is 5.69 Å². The molecule has 29 heavy (non-hydrogen) atoms. The number of esters is 1. The highest BCUT2D eigenvalue weighted by molar-refractivity contribution is 7.80. The number of nitrogens with one attached hydrogen (secondary N) is 2. The van der Waals surface area contributed by atoms with Crippen LogP contribution in [0.1, 0.15) is 31.7 Å². The zero-order chi connectivity index (χ0) is 20.9. The number of carbonyl (C=O) groups is 2. The van der Waals surface area contributed by atoms with Gasteiger partial charge in [-0.25, -0.2) is 0 Å². The van der Waals surface area contributed by atoms with E-state index in [0.29, 0.717) is 24.7 Å². The van der Waals surface area contributed by atoms with Crippen LogP contribution in [0, 0.1) is 0 Å². The molecule has 0 bridgehead atoms. The summed E-state index contributed by atoms with van der Waals surface area (Å²) < 4.78 is 10.7. The van der Waals surface area contributed by atoms with Crippen LogP contribution < -0.4 is 15.4 Å². The minimum Gasteiger partial charge on any atom is -0.491 e. The van der Waals surface area contributed by atoms with Gasteiger partial charge in [0.2, 0.25) is 5.91 Å². The largest absolute Gasteiger partial charge is 0.491 e. The number of thiocarbonyl (C=S) groups is 1. The number of aryl methyl sites for hydroxylation is 1. The minimum absolute atomic E-state index is 0.0122. The van der Waals surface area contributed by atoms with Gasteiger partial charge in [-0.1, -0.05) is 42.5 Å². The maximum absolute atomic E-state index is 11.9. The molecule has 0 heterocycles. The number of benzene rings is 2. The summed E-state index contributed by atoms with van der Waals surface area (Å²) in [4.78, 5) is 23.2. The zero-order valence-electron chi connectivity index (χ0n) is 16.5. The maximum atomic E-state index is 11.9. The Balaban J connectivity index is 1.77. The standard InChI is InChI=1S/C22H26N2O4S/c1-2-27-21(26)15-14-20(25)24-22(29)23-18-12-6-7-13-19(18)28-16-8-11-17-9-4-3-5-10-17/h3-7,9-10,12-13H,2,8,11,14-16H2,1H3,(H2,23,24,25,29). The summed E-state index contributed by atoms with van der Waals surface area (Å²) in [7, 11) is 0. The fourth-order valence-electron chi connectivity index (χ4n) is 2.59. The summed E-state index contributed by atoms with van der Waals surface area (Å²) in [6.07, 6.45) is 1.85. The van der Waals surface area contributed by atoms with E-state index in [1.165, 1.54) is 5.56 Å². The molecule has 0 radical (unpaired) electrons. The van der Waals surface area contributed by atoms with Crippen LogP contribution in [0.2, 0.25) is 0 Å². The highest BCUT2D eigenvalue weighted by atomic mass is 32.1. The summed E-state index contributed by atoms with van der Waals surface area (Å²) in [5.41, 5.74) is 1.94. The third kappa shape index (κ3) is 8.74. The van der Waals surface area contributed by atoms with Crippen LogP contribution in [-0.4, -0.2) is 30.2 Å². The molecule has 2 rings (SSSR count). The summed E-state index contributed by atoms with van der Waals surface area (Å²) in [6.45, 7) is 2.58. The van der Waals surface area contributed by atoms with Crippen molar-refractivity contribution in [1.82, 2.24) is 5.32 Å². The molecule has 6 nitrogen and oxygen atoms in total. The second-order valence-electron chi connectivity index (χ2n) is 6.24. The Kier molecular flexibility index (Phi) is 9.65. The number of rotatable bonds is 10. The SMILES string of the molecule is CCOC(=O)CCC(=O)NC(=S)Nc1ccccc1OCCCc1ccccc1. The maximum Gasteiger partial charge on any atom is 0.306 e. The number of anilines is 1. The number of ether oxygens (including phenoxy) is 2. The second kappa shape index (κ2) is 12.5. The van der Waals surface area contributed by atoms with Crippen molar-refractivity contribution in [3.8, 4) is 5.75 Å². The molecule has 0 aliphatic heterocycles. The van der Waals surface area contributed by atoms with Crippen LogP contribution >= 0.6 is 12.2 Å². The van der Waals surface area contributed by atoms with Gasteiger partial charge in [-0.15, -0.1) is 0 Å². The molecule has 0 aromatic heterocycles. The molecule has 0 saturated carbocycles. The zero-order valence-corrected chi connectivity index (χ0v) is 17.3. The Morgan fingerprint density at radius 2 is 1.72 bits per heavy atom. The van der Waals surface area contributed by atoms with Crippen molar-refractivity contribution in [3.05, 3.63) is 60.2 Å². The van der Waals surface area contributed by atoms with Crippen molar-refractivity contribution in [3.63, 3.8) is 0 Å². The van der Waals surface area contributed by atoms with E-state index in [1.54, 1.807) is 6.92 Å². The molecule has 0 spiro atoms. The van der Waals surface area contributed by atoms with E-state index >= 15 is 0 Å². The van der Waals surface area contributed by atoms with Crippen molar-refractivity contribution in [2.75, 3.05) is 18.5 Å². The summed E-state index contributed by atoms with van der Waals surface area (Å²) in [5, 5.41) is 5.68. The molecule has 2 N–H and O–H groups in total. The lowest BCUT2D eigenvalue weighted by atomic mass is 10.1.